The number of aromatic amines is 1. The molecule has 1 aromatic heterocycles. The van der Waals surface area contributed by atoms with Gasteiger partial charge in [0.2, 0.25) is 5.91 Å². The molecule has 1 atom stereocenters. The Balaban J connectivity index is 0.00000225. The molecule has 1 heterocycles. The van der Waals surface area contributed by atoms with Gasteiger partial charge in [0.1, 0.15) is 5.82 Å². The molecule has 0 saturated carbocycles. The van der Waals surface area contributed by atoms with Crippen molar-refractivity contribution in [2.75, 3.05) is 5.32 Å². The zero-order chi connectivity index (χ0) is 17.2. The first-order valence-electron chi connectivity index (χ1n) is 8.15. The molecule has 25 heavy (non-hydrogen) atoms. The van der Waals surface area contributed by atoms with E-state index in [4.69, 9.17) is 5.73 Å². The van der Waals surface area contributed by atoms with Gasteiger partial charge in [0.25, 0.3) is 0 Å². The number of hydrogen-bond donors (Lipinski definition) is 3. The van der Waals surface area contributed by atoms with Crippen molar-refractivity contribution in [1.82, 2.24) is 9.97 Å². The fourth-order valence-corrected chi connectivity index (χ4v) is 2.71. The lowest BCUT2D eigenvalue weighted by molar-refractivity contribution is -0.120. The fourth-order valence-electron chi connectivity index (χ4n) is 2.71. The van der Waals surface area contributed by atoms with Gasteiger partial charge in [-0.1, -0.05) is 25.5 Å². The van der Waals surface area contributed by atoms with Gasteiger partial charge in [-0.3, -0.25) is 4.79 Å². The molecule has 3 rings (SSSR count). The van der Waals surface area contributed by atoms with Crippen LogP contribution in [0.25, 0.3) is 22.4 Å². The summed E-state index contributed by atoms with van der Waals surface area (Å²) in [5, 5.41) is 2.88. The molecule has 132 valence electrons. The summed E-state index contributed by atoms with van der Waals surface area (Å²) >= 11 is 0. The number of aromatic nitrogens is 2. The minimum Gasteiger partial charge on any atom is -0.338 e. The van der Waals surface area contributed by atoms with Crippen molar-refractivity contribution in [3.8, 4) is 11.4 Å². The van der Waals surface area contributed by atoms with Gasteiger partial charge in [0, 0.05) is 11.3 Å². The van der Waals surface area contributed by atoms with E-state index in [1.54, 1.807) is 6.92 Å². The molecular weight excluding hydrogens is 336 g/mol. The zero-order valence-electron chi connectivity index (χ0n) is 14.4. The van der Waals surface area contributed by atoms with Gasteiger partial charge in [-0.25, -0.2) is 4.98 Å². The van der Waals surface area contributed by atoms with Crippen LogP contribution in [0.4, 0.5) is 5.69 Å². The number of H-pyrrole nitrogens is 1. The van der Waals surface area contributed by atoms with Gasteiger partial charge in [-0.2, -0.15) is 0 Å². The largest absolute Gasteiger partial charge is 0.338 e. The number of carbonyl (C=O) groups excluding carboxylic acids is 1. The van der Waals surface area contributed by atoms with Crippen molar-refractivity contribution in [2.24, 2.45) is 5.73 Å². The van der Waals surface area contributed by atoms with E-state index in [0.29, 0.717) is 6.42 Å². The Labute approximate surface area is 153 Å². The van der Waals surface area contributed by atoms with E-state index in [2.05, 4.69) is 15.3 Å². The Hall–Kier alpha value is -2.37. The predicted molar refractivity (Wildman–Crippen MR) is 105 cm³/mol. The number of nitrogens with one attached hydrogen (secondary N) is 2. The molecule has 4 N–H and O–H groups in total. The highest BCUT2D eigenvalue weighted by Gasteiger charge is 2.27. The maximum Gasteiger partial charge on any atom is 0.244 e. The number of benzene rings is 2. The number of para-hydroxylation sites is 2. The highest BCUT2D eigenvalue weighted by molar-refractivity contribution is 5.97. The van der Waals surface area contributed by atoms with Crippen LogP contribution in [-0.2, 0) is 4.79 Å². The molecule has 5 nitrogen and oxygen atoms in total. The molecule has 0 radical (unpaired) electrons. The van der Waals surface area contributed by atoms with Crippen molar-refractivity contribution in [2.45, 2.75) is 32.2 Å². The number of halogens is 1. The second-order valence-corrected chi connectivity index (χ2v) is 6.30. The topological polar surface area (TPSA) is 83.8 Å². The number of hydrogen-bond acceptors (Lipinski definition) is 3. The zero-order valence-corrected chi connectivity index (χ0v) is 15.2. The Morgan fingerprint density at radius 1 is 1.20 bits per heavy atom. The van der Waals surface area contributed by atoms with Gasteiger partial charge in [-0.05, 0) is 49.7 Å². The average Bonchev–Trinajstić information content (AvgIpc) is 2.99. The summed E-state index contributed by atoms with van der Waals surface area (Å²) < 4.78 is 0. The molecule has 0 aliphatic carbocycles. The first kappa shape index (κ1) is 19.0. The number of rotatable bonds is 5. The fraction of sp³-hybridized carbons (Fsp3) is 0.263. The Bertz CT molecular complexity index is 822. The summed E-state index contributed by atoms with van der Waals surface area (Å²) in [5.41, 5.74) is 8.83. The van der Waals surface area contributed by atoms with Crippen LogP contribution >= 0.6 is 12.4 Å². The summed E-state index contributed by atoms with van der Waals surface area (Å²) in [5.74, 6) is 0.643. The third-order valence-electron chi connectivity index (χ3n) is 4.09. The Morgan fingerprint density at radius 2 is 1.88 bits per heavy atom. The van der Waals surface area contributed by atoms with E-state index in [1.165, 1.54) is 0 Å². The molecule has 2 aromatic carbocycles. The summed E-state index contributed by atoms with van der Waals surface area (Å²) in [6.07, 6.45) is 1.52. The lowest BCUT2D eigenvalue weighted by Gasteiger charge is -2.22. The van der Waals surface area contributed by atoms with Crippen LogP contribution in [0.1, 0.15) is 26.7 Å². The van der Waals surface area contributed by atoms with Gasteiger partial charge < -0.3 is 16.0 Å². The molecule has 0 saturated heterocycles. The lowest BCUT2D eigenvalue weighted by Crippen LogP contribution is -2.48. The van der Waals surface area contributed by atoms with E-state index < -0.39 is 5.54 Å². The third-order valence-corrected chi connectivity index (χ3v) is 4.09. The number of amides is 1. The SMILES string of the molecule is CCCC(C)(N)C(=O)Nc1ccc(-c2nc3ccccc3[nH]2)cc1.Cl. The molecule has 1 amide bonds. The quantitative estimate of drug-likeness (QED) is 0.641. The van der Waals surface area contributed by atoms with Crippen molar-refractivity contribution in [1.29, 1.82) is 0 Å². The maximum absolute atomic E-state index is 12.2. The van der Waals surface area contributed by atoms with E-state index in [9.17, 15) is 4.79 Å². The van der Waals surface area contributed by atoms with Crippen molar-refractivity contribution in [3.05, 3.63) is 48.5 Å². The number of anilines is 1. The molecule has 1 unspecified atom stereocenters. The van der Waals surface area contributed by atoms with E-state index in [0.717, 1.165) is 34.5 Å². The van der Waals surface area contributed by atoms with E-state index >= 15 is 0 Å². The number of carbonyl (C=O) groups is 1. The van der Waals surface area contributed by atoms with Crippen LogP contribution in [0.2, 0.25) is 0 Å². The lowest BCUT2D eigenvalue weighted by atomic mass is 9.96. The van der Waals surface area contributed by atoms with Gasteiger partial charge in [0.05, 0.1) is 16.6 Å². The number of imidazole rings is 1. The van der Waals surface area contributed by atoms with Gasteiger partial charge in [-0.15, -0.1) is 12.4 Å². The molecule has 0 aliphatic heterocycles. The number of nitrogens with two attached hydrogens (primary N) is 1. The molecule has 6 heteroatoms. The predicted octanol–water partition coefficient (Wildman–Crippen LogP) is 4.11. The van der Waals surface area contributed by atoms with Crippen LogP contribution in [0.15, 0.2) is 48.5 Å². The number of fused-ring (bicyclic) bond motifs is 1. The summed E-state index contributed by atoms with van der Waals surface area (Å²) in [6, 6.07) is 15.5. The Morgan fingerprint density at radius 3 is 2.52 bits per heavy atom. The van der Waals surface area contributed by atoms with Crippen molar-refractivity contribution >= 4 is 35.0 Å². The first-order valence-corrected chi connectivity index (χ1v) is 8.15. The Kier molecular flexibility index (Phi) is 5.82. The standard InChI is InChI=1S/C19H22N4O.ClH/c1-3-12-19(2,20)18(24)21-14-10-8-13(9-11-14)17-22-15-6-4-5-7-16(15)23-17;/h4-11H,3,12,20H2,1-2H3,(H,21,24)(H,22,23);1H. The third kappa shape index (κ3) is 4.18. The summed E-state index contributed by atoms with van der Waals surface area (Å²) in [6.45, 7) is 3.77. The minimum absolute atomic E-state index is 0. The number of nitrogens with zero attached hydrogens (tertiary/aromatic N) is 1. The molecule has 0 fully saturated rings. The molecule has 0 bridgehead atoms. The summed E-state index contributed by atoms with van der Waals surface area (Å²) in [7, 11) is 0. The van der Waals surface area contributed by atoms with Crippen LogP contribution < -0.4 is 11.1 Å². The van der Waals surface area contributed by atoms with Crippen LogP contribution in [-0.4, -0.2) is 21.4 Å². The smallest absolute Gasteiger partial charge is 0.244 e. The van der Waals surface area contributed by atoms with E-state index in [1.807, 2.05) is 55.5 Å². The normalized spacial score (nSPS) is 13.1. The molecule has 0 aliphatic rings. The first-order chi connectivity index (χ1) is 11.5. The van der Waals surface area contributed by atoms with Gasteiger partial charge in [0.15, 0.2) is 0 Å². The van der Waals surface area contributed by atoms with E-state index in [-0.39, 0.29) is 18.3 Å². The van der Waals surface area contributed by atoms with Crippen LogP contribution in [0, 0.1) is 0 Å². The van der Waals surface area contributed by atoms with Crippen molar-refractivity contribution < 1.29 is 4.79 Å². The maximum atomic E-state index is 12.2. The summed E-state index contributed by atoms with van der Waals surface area (Å²) in [4.78, 5) is 20.1. The second-order valence-electron chi connectivity index (χ2n) is 6.30. The van der Waals surface area contributed by atoms with Gasteiger partial charge >= 0.3 is 0 Å². The second kappa shape index (κ2) is 7.68. The monoisotopic (exact) mass is 358 g/mol. The highest BCUT2D eigenvalue weighted by Crippen LogP contribution is 2.22. The average molecular weight is 359 g/mol. The van der Waals surface area contributed by atoms with Crippen LogP contribution in [0.3, 0.4) is 0 Å². The highest BCUT2D eigenvalue weighted by atomic mass is 35.5. The molecular formula is C19H23ClN4O. The minimum atomic E-state index is -0.855. The van der Waals surface area contributed by atoms with Crippen LogP contribution in [0.5, 0.6) is 0 Å². The molecule has 0 spiro atoms. The van der Waals surface area contributed by atoms with Crippen molar-refractivity contribution in [3.63, 3.8) is 0 Å². The molecule has 3 aromatic rings.